The average Bonchev–Trinajstić information content (AvgIpc) is 3.25. The Labute approximate surface area is 157 Å². The molecular formula is C19H32N2O4S. The highest BCUT2D eigenvalue weighted by Gasteiger charge is 2.38. The summed E-state index contributed by atoms with van der Waals surface area (Å²) in [7, 11) is -2.99. The quantitative estimate of drug-likeness (QED) is 0.784. The molecule has 1 atom stereocenters. The Balaban J connectivity index is 1.50. The van der Waals surface area contributed by atoms with Gasteiger partial charge in [0.05, 0.1) is 11.5 Å². The van der Waals surface area contributed by atoms with Crippen LogP contribution in [-0.2, 0) is 19.4 Å². The van der Waals surface area contributed by atoms with Crippen molar-refractivity contribution >= 4 is 21.7 Å². The second-order valence-corrected chi connectivity index (χ2v) is 10.4. The van der Waals surface area contributed by atoms with Crippen LogP contribution in [0.2, 0.25) is 0 Å². The van der Waals surface area contributed by atoms with Crippen LogP contribution in [0.1, 0.15) is 64.7 Å². The molecule has 0 aromatic carbocycles. The molecule has 2 amide bonds. The third-order valence-electron chi connectivity index (χ3n) is 6.42. The van der Waals surface area contributed by atoms with Crippen LogP contribution < -0.4 is 5.32 Å². The number of hydrogen-bond acceptors (Lipinski definition) is 4. The highest BCUT2D eigenvalue weighted by molar-refractivity contribution is 7.91. The van der Waals surface area contributed by atoms with Crippen molar-refractivity contribution in [3.63, 3.8) is 0 Å². The van der Waals surface area contributed by atoms with Crippen LogP contribution in [0.3, 0.4) is 0 Å². The zero-order valence-corrected chi connectivity index (χ0v) is 16.6. The van der Waals surface area contributed by atoms with E-state index in [2.05, 4.69) is 5.32 Å². The minimum atomic E-state index is -2.99. The second kappa shape index (κ2) is 8.28. The number of hydrogen-bond donors (Lipinski definition) is 1. The monoisotopic (exact) mass is 384 g/mol. The first-order valence-electron chi connectivity index (χ1n) is 10.2. The molecule has 7 heteroatoms. The fraction of sp³-hybridized carbons (Fsp3) is 0.895. The molecule has 2 aliphatic carbocycles. The maximum atomic E-state index is 12.9. The summed E-state index contributed by atoms with van der Waals surface area (Å²) in [6.45, 7) is 2.48. The van der Waals surface area contributed by atoms with Crippen molar-refractivity contribution < 1.29 is 18.0 Å². The van der Waals surface area contributed by atoms with Gasteiger partial charge in [0.2, 0.25) is 11.8 Å². The normalized spacial score (nSPS) is 31.7. The van der Waals surface area contributed by atoms with Crippen LogP contribution >= 0.6 is 0 Å². The second-order valence-electron chi connectivity index (χ2n) is 8.22. The predicted octanol–water partition coefficient (Wildman–Crippen LogP) is 1.89. The molecule has 0 aromatic heterocycles. The number of carbonyl (C=O) groups excluding carboxylic acids is 2. The Morgan fingerprint density at radius 3 is 2.12 bits per heavy atom. The van der Waals surface area contributed by atoms with Crippen molar-refractivity contribution in [2.75, 3.05) is 18.1 Å². The van der Waals surface area contributed by atoms with Gasteiger partial charge in [-0.05, 0) is 51.9 Å². The molecule has 3 fully saturated rings. The molecule has 148 valence electrons. The summed E-state index contributed by atoms with van der Waals surface area (Å²) in [5, 5.41) is 3.18. The Morgan fingerprint density at radius 1 is 0.962 bits per heavy atom. The highest BCUT2D eigenvalue weighted by atomic mass is 32.2. The summed E-state index contributed by atoms with van der Waals surface area (Å²) in [6, 6.07) is 0.183. The summed E-state index contributed by atoms with van der Waals surface area (Å²) in [5.74, 6) is 0.512. The van der Waals surface area contributed by atoms with E-state index in [1.54, 1.807) is 4.90 Å². The maximum Gasteiger partial charge on any atom is 0.225 e. The first-order valence-corrected chi connectivity index (χ1v) is 12.0. The number of rotatable bonds is 5. The van der Waals surface area contributed by atoms with Crippen molar-refractivity contribution in [3.8, 4) is 0 Å². The lowest BCUT2D eigenvalue weighted by Gasteiger charge is -2.34. The third kappa shape index (κ3) is 4.59. The maximum absolute atomic E-state index is 12.9. The summed E-state index contributed by atoms with van der Waals surface area (Å²) in [5.41, 5.74) is 0. The predicted molar refractivity (Wildman–Crippen MR) is 100 cm³/mol. The minimum Gasteiger partial charge on any atom is -0.353 e. The lowest BCUT2D eigenvalue weighted by molar-refractivity contribution is -0.140. The van der Waals surface area contributed by atoms with Crippen LogP contribution in [0.25, 0.3) is 0 Å². The molecule has 3 rings (SSSR count). The van der Waals surface area contributed by atoms with E-state index in [0.29, 0.717) is 19.0 Å². The molecule has 6 nitrogen and oxygen atoms in total. The van der Waals surface area contributed by atoms with Crippen molar-refractivity contribution in [1.82, 2.24) is 10.2 Å². The standard InChI is InChI=1S/C19H32N2O4S/c1-2-21(17-11-12-26(24,25)13-17)19(23)15-9-7-14(8-10-15)18(22)20-16-5-3-4-6-16/h14-17H,2-13H2,1H3,(H,20,22). The van der Waals surface area contributed by atoms with Crippen LogP contribution in [0.15, 0.2) is 0 Å². The van der Waals surface area contributed by atoms with Gasteiger partial charge < -0.3 is 10.2 Å². The van der Waals surface area contributed by atoms with E-state index in [9.17, 15) is 18.0 Å². The van der Waals surface area contributed by atoms with Gasteiger partial charge in [0.1, 0.15) is 0 Å². The Bertz CT molecular complexity index is 619. The Hall–Kier alpha value is -1.11. The molecule has 2 saturated carbocycles. The number of sulfone groups is 1. The van der Waals surface area contributed by atoms with Crippen LogP contribution in [-0.4, -0.2) is 55.3 Å². The summed E-state index contributed by atoms with van der Waals surface area (Å²) in [4.78, 5) is 27.1. The number of carbonyl (C=O) groups is 2. The number of nitrogens with one attached hydrogen (secondary N) is 1. The molecule has 0 aromatic rings. The summed E-state index contributed by atoms with van der Waals surface area (Å²) >= 11 is 0. The van der Waals surface area contributed by atoms with Gasteiger partial charge in [0.15, 0.2) is 9.84 Å². The molecule has 1 aliphatic heterocycles. The first-order chi connectivity index (χ1) is 12.4. The molecule has 0 bridgehead atoms. The molecule has 3 aliphatic rings. The Kier molecular flexibility index (Phi) is 6.25. The van der Waals surface area contributed by atoms with Crippen LogP contribution in [0, 0.1) is 11.8 Å². The van der Waals surface area contributed by atoms with Gasteiger partial charge in [-0.15, -0.1) is 0 Å². The van der Waals surface area contributed by atoms with Crippen LogP contribution in [0.5, 0.6) is 0 Å². The first kappa shape index (κ1) is 19.6. The van der Waals surface area contributed by atoms with Crippen LogP contribution in [0.4, 0.5) is 0 Å². The molecule has 0 radical (unpaired) electrons. The van der Waals surface area contributed by atoms with Gasteiger partial charge in [-0.25, -0.2) is 8.42 Å². The fourth-order valence-electron chi connectivity index (χ4n) is 4.84. The van der Waals surface area contributed by atoms with Crippen molar-refractivity contribution in [1.29, 1.82) is 0 Å². The van der Waals surface area contributed by atoms with E-state index in [0.717, 1.165) is 38.5 Å². The molecule has 1 heterocycles. The molecule has 1 N–H and O–H groups in total. The van der Waals surface area contributed by atoms with Gasteiger partial charge in [-0.1, -0.05) is 12.8 Å². The zero-order valence-electron chi connectivity index (χ0n) is 15.8. The fourth-order valence-corrected chi connectivity index (χ4v) is 6.57. The van der Waals surface area contributed by atoms with E-state index in [-0.39, 0.29) is 41.2 Å². The lowest BCUT2D eigenvalue weighted by atomic mass is 9.80. The molecular weight excluding hydrogens is 352 g/mol. The minimum absolute atomic E-state index is 0.0292. The Morgan fingerprint density at radius 2 is 1.58 bits per heavy atom. The molecule has 1 saturated heterocycles. The van der Waals surface area contributed by atoms with E-state index in [4.69, 9.17) is 0 Å². The average molecular weight is 385 g/mol. The zero-order chi connectivity index (χ0) is 18.7. The molecule has 26 heavy (non-hydrogen) atoms. The van der Waals surface area contributed by atoms with E-state index in [1.165, 1.54) is 12.8 Å². The van der Waals surface area contributed by atoms with Crippen molar-refractivity contribution in [3.05, 3.63) is 0 Å². The van der Waals surface area contributed by atoms with Crippen molar-refractivity contribution in [2.45, 2.75) is 76.8 Å². The van der Waals surface area contributed by atoms with Gasteiger partial charge in [0.25, 0.3) is 0 Å². The SMILES string of the molecule is CCN(C(=O)C1CCC(C(=O)NC2CCCC2)CC1)C1CCS(=O)(=O)C1. The van der Waals surface area contributed by atoms with Gasteiger partial charge in [0, 0.05) is 30.5 Å². The lowest BCUT2D eigenvalue weighted by Crippen LogP contribution is -2.46. The summed E-state index contributed by atoms with van der Waals surface area (Å²) < 4.78 is 23.5. The van der Waals surface area contributed by atoms with E-state index < -0.39 is 9.84 Å². The van der Waals surface area contributed by atoms with Gasteiger partial charge >= 0.3 is 0 Å². The van der Waals surface area contributed by atoms with E-state index in [1.807, 2.05) is 6.92 Å². The highest BCUT2D eigenvalue weighted by Crippen LogP contribution is 2.32. The number of amides is 2. The van der Waals surface area contributed by atoms with E-state index >= 15 is 0 Å². The number of nitrogens with zero attached hydrogens (tertiary/aromatic N) is 1. The molecule has 0 spiro atoms. The largest absolute Gasteiger partial charge is 0.353 e. The van der Waals surface area contributed by atoms with Crippen molar-refractivity contribution in [2.24, 2.45) is 11.8 Å². The topological polar surface area (TPSA) is 83.6 Å². The summed E-state index contributed by atoms with van der Waals surface area (Å²) in [6.07, 6.45) is 8.14. The van der Waals surface area contributed by atoms with Gasteiger partial charge in [-0.3, -0.25) is 9.59 Å². The molecule has 1 unspecified atom stereocenters. The third-order valence-corrected chi connectivity index (χ3v) is 8.17. The van der Waals surface area contributed by atoms with Gasteiger partial charge in [-0.2, -0.15) is 0 Å². The smallest absolute Gasteiger partial charge is 0.225 e.